The first-order valence-electron chi connectivity index (χ1n) is 3.36. The summed E-state index contributed by atoms with van der Waals surface area (Å²) in [6.45, 7) is 0.0902. The third-order valence-electron chi connectivity index (χ3n) is 1.52. The minimum atomic E-state index is -0.385. The summed E-state index contributed by atoms with van der Waals surface area (Å²) in [5, 5.41) is 8.66. The molecule has 0 heterocycles. The van der Waals surface area contributed by atoms with Gasteiger partial charge in [-0.3, -0.25) is 0 Å². The standard InChI is InChI=1S/C8H10FNO/c9-8-2-1-6(4-10)3-7(8)5-11/h1-3,11H,4-5,10H2. The number of rotatable bonds is 2. The lowest BCUT2D eigenvalue weighted by Crippen LogP contribution is -1.98. The highest BCUT2D eigenvalue weighted by Crippen LogP contribution is 2.09. The smallest absolute Gasteiger partial charge is 0.128 e. The molecule has 0 atom stereocenters. The summed E-state index contributed by atoms with van der Waals surface area (Å²) in [6, 6.07) is 4.48. The van der Waals surface area contributed by atoms with Gasteiger partial charge in [-0.05, 0) is 17.7 Å². The van der Waals surface area contributed by atoms with E-state index in [1.807, 2.05) is 0 Å². The number of halogens is 1. The Hall–Kier alpha value is -0.930. The van der Waals surface area contributed by atoms with Crippen molar-refractivity contribution in [3.63, 3.8) is 0 Å². The van der Waals surface area contributed by atoms with E-state index >= 15 is 0 Å². The Morgan fingerprint density at radius 2 is 2.18 bits per heavy atom. The number of aliphatic hydroxyl groups excluding tert-OH is 1. The Kier molecular flexibility index (Phi) is 2.57. The van der Waals surface area contributed by atoms with Gasteiger partial charge < -0.3 is 10.8 Å². The van der Waals surface area contributed by atoms with E-state index in [0.29, 0.717) is 12.1 Å². The average molecular weight is 155 g/mol. The normalized spacial score (nSPS) is 10.1. The molecule has 1 rings (SSSR count). The minimum absolute atomic E-state index is 0.278. The molecule has 0 bridgehead atoms. The largest absolute Gasteiger partial charge is 0.392 e. The van der Waals surface area contributed by atoms with Gasteiger partial charge in [0.15, 0.2) is 0 Å². The SMILES string of the molecule is NCc1ccc(F)c(CO)c1. The van der Waals surface area contributed by atoms with Crippen LogP contribution in [0.15, 0.2) is 18.2 Å². The van der Waals surface area contributed by atoms with Crippen molar-refractivity contribution in [2.24, 2.45) is 5.73 Å². The first-order chi connectivity index (χ1) is 5.27. The van der Waals surface area contributed by atoms with E-state index in [4.69, 9.17) is 10.8 Å². The molecule has 0 aliphatic carbocycles. The zero-order chi connectivity index (χ0) is 8.27. The monoisotopic (exact) mass is 155 g/mol. The topological polar surface area (TPSA) is 46.2 Å². The van der Waals surface area contributed by atoms with Crippen LogP contribution in [0.1, 0.15) is 11.1 Å². The van der Waals surface area contributed by atoms with Gasteiger partial charge in [0, 0.05) is 12.1 Å². The maximum absolute atomic E-state index is 12.7. The lowest BCUT2D eigenvalue weighted by molar-refractivity contribution is 0.275. The molecule has 0 unspecified atom stereocenters. The number of hydrogen-bond acceptors (Lipinski definition) is 2. The third-order valence-corrected chi connectivity index (χ3v) is 1.52. The second kappa shape index (κ2) is 3.46. The first kappa shape index (κ1) is 8.17. The van der Waals surface area contributed by atoms with Crippen molar-refractivity contribution < 1.29 is 9.50 Å². The lowest BCUT2D eigenvalue weighted by atomic mass is 10.1. The van der Waals surface area contributed by atoms with Crippen molar-refractivity contribution in [3.8, 4) is 0 Å². The summed E-state index contributed by atoms with van der Waals surface area (Å²) in [7, 11) is 0. The predicted octanol–water partition coefficient (Wildman–Crippen LogP) is 0.777. The van der Waals surface area contributed by atoms with Crippen LogP contribution in [0.2, 0.25) is 0 Å². The van der Waals surface area contributed by atoms with Crippen molar-refractivity contribution in [2.75, 3.05) is 0 Å². The summed E-state index contributed by atoms with van der Waals surface area (Å²) in [5.41, 5.74) is 6.45. The molecule has 1 aromatic carbocycles. The molecular weight excluding hydrogens is 145 g/mol. The number of benzene rings is 1. The van der Waals surface area contributed by atoms with Gasteiger partial charge in [-0.15, -0.1) is 0 Å². The van der Waals surface area contributed by atoms with Gasteiger partial charge >= 0.3 is 0 Å². The quantitative estimate of drug-likeness (QED) is 0.662. The van der Waals surface area contributed by atoms with E-state index in [1.54, 1.807) is 12.1 Å². The second-order valence-electron chi connectivity index (χ2n) is 2.29. The zero-order valence-electron chi connectivity index (χ0n) is 6.05. The van der Waals surface area contributed by atoms with Gasteiger partial charge in [-0.25, -0.2) is 4.39 Å². The van der Waals surface area contributed by atoms with Crippen molar-refractivity contribution in [1.82, 2.24) is 0 Å². The fourth-order valence-corrected chi connectivity index (χ4v) is 0.876. The first-order valence-corrected chi connectivity index (χ1v) is 3.36. The van der Waals surface area contributed by atoms with Crippen LogP contribution in [-0.4, -0.2) is 5.11 Å². The van der Waals surface area contributed by atoms with E-state index in [0.717, 1.165) is 5.56 Å². The van der Waals surface area contributed by atoms with Crippen molar-refractivity contribution >= 4 is 0 Å². The molecule has 3 N–H and O–H groups in total. The molecule has 0 radical (unpaired) electrons. The van der Waals surface area contributed by atoms with Crippen molar-refractivity contribution in [3.05, 3.63) is 35.1 Å². The fraction of sp³-hybridized carbons (Fsp3) is 0.250. The highest BCUT2D eigenvalue weighted by Gasteiger charge is 2.00. The van der Waals surface area contributed by atoms with Crippen LogP contribution in [0.4, 0.5) is 4.39 Å². The highest BCUT2D eigenvalue weighted by molar-refractivity contribution is 5.24. The zero-order valence-corrected chi connectivity index (χ0v) is 6.05. The Morgan fingerprint density at radius 1 is 1.45 bits per heavy atom. The fourth-order valence-electron chi connectivity index (χ4n) is 0.876. The average Bonchev–Trinajstić information content (AvgIpc) is 2.05. The predicted molar refractivity (Wildman–Crippen MR) is 40.2 cm³/mol. The van der Waals surface area contributed by atoms with E-state index in [9.17, 15) is 4.39 Å². The maximum Gasteiger partial charge on any atom is 0.128 e. The number of hydrogen-bond donors (Lipinski definition) is 2. The Labute approximate surface area is 64.5 Å². The van der Waals surface area contributed by atoms with Crippen LogP contribution in [0.5, 0.6) is 0 Å². The Bertz CT molecular complexity index is 250. The van der Waals surface area contributed by atoms with Crippen LogP contribution in [-0.2, 0) is 13.2 Å². The molecule has 3 heteroatoms. The molecular formula is C8H10FNO. The summed E-state index contributed by atoms with van der Waals surface area (Å²) < 4.78 is 12.7. The molecule has 0 amide bonds. The molecule has 0 aliphatic rings. The van der Waals surface area contributed by atoms with Crippen molar-refractivity contribution in [2.45, 2.75) is 13.2 Å². The molecule has 0 aromatic heterocycles. The van der Waals surface area contributed by atoms with E-state index in [1.165, 1.54) is 6.07 Å². The van der Waals surface area contributed by atoms with Crippen LogP contribution in [0.25, 0.3) is 0 Å². The molecule has 11 heavy (non-hydrogen) atoms. The third kappa shape index (κ3) is 1.76. The van der Waals surface area contributed by atoms with E-state index in [2.05, 4.69) is 0 Å². The Balaban J connectivity index is 3.02. The Morgan fingerprint density at radius 3 is 2.73 bits per heavy atom. The number of aliphatic hydroxyl groups is 1. The van der Waals surface area contributed by atoms with Gasteiger partial charge in [-0.2, -0.15) is 0 Å². The van der Waals surface area contributed by atoms with E-state index in [-0.39, 0.29) is 12.4 Å². The van der Waals surface area contributed by atoms with Gasteiger partial charge in [0.1, 0.15) is 5.82 Å². The molecule has 0 saturated heterocycles. The molecule has 60 valence electrons. The minimum Gasteiger partial charge on any atom is -0.392 e. The van der Waals surface area contributed by atoms with Gasteiger partial charge in [-0.1, -0.05) is 6.07 Å². The maximum atomic E-state index is 12.7. The molecule has 0 saturated carbocycles. The molecule has 0 spiro atoms. The lowest BCUT2D eigenvalue weighted by Gasteiger charge is -2.01. The summed E-state index contributed by atoms with van der Waals surface area (Å²) in [4.78, 5) is 0. The van der Waals surface area contributed by atoms with Gasteiger partial charge in [0.25, 0.3) is 0 Å². The van der Waals surface area contributed by atoms with Gasteiger partial charge in [0.2, 0.25) is 0 Å². The summed E-state index contributed by atoms with van der Waals surface area (Å²) in [6.07, 6.45) is 0. The number of nitrogens with two attached hydrogens (primary N) is 1. The molecule has 0 aliphatic heterocycles. The summed E-state index contributed by atoms with van der Waals surface area (Å²) in [5.74, 6) is -0.385. The molecule has 0 fully saturated rings. The van der Waals surface area contributed by atoms with E-state index < -0.39 is 0 Å². The van der Waals surface area contributed by atoms with Crippen molar-refractivity contribution in [1.29, 1.82) is 0 Å². The van der Waals surface area contributed by atoms with Crippen LogP contribution >= 0.6 is 0 Å². The van der Waals surface area contributed by atoms with Crippen LogP contribution in [0, 0.1) is 5.82 Å². The summed E-state index contributed by atoms with van der Waals surface area (Å²) >= 11 is 0. The molecule has 2 nitrogen and oxygen atoms in total. The second-order valence-corrected chi connectivity index (χ2v) is 2.29. The van der Waals surface area contributed by atoms with Crippen LogP contribution < -0.4 is 5.73 Å². The highest BCUT2D eigenvalue weighted by atomic mass is 19.1. The molecule has 1 aromatic rings. The van der Waals surface area contributed by atoms with Gasteiger partial charge in [0.05, 0.1) is 6.61 Å². The van der Waals surface area contributed by atoms with Crippen LogP contribution in [0.3, 0.4) is 0 Å².